The van der Waals surface area contributed by atoms with Crippen LogP contribution >= 0.6 is 0 Å². The van der Waals surface area contributed by atoms with Crippen LogP contribution in [0, 0.1) is 5.82 Å². The Labute approximate surface area is 149 Å². The summed E-state index contributed by atoms with van der Waals surface area (Å²) in [6, 6.07) is 13.0. The lowest BCUT2D eigenvalue weighted by Crippen LogP contribution is -2.21. The molecule has 3 aromatic rings. The molecule has 2 aliphatic heterocycles. The molecule has 0 fully saturated rings. The van der Waals surface area contributed by atoms with Gasteiger partial charge in [-0.25, -0.2) is 4.39 Å². The average Bonchev–Trinajstić information content (AvgIpc) is 3.28. The number of rotatable bonds is 2. The van der Waals surface area contributed by atoms with Gasteiger partial charge in [0.25, 0.3) is 0 Å². The van der Waals surface area contributed by atoms with E-state index in [4.69, 9.17) is 14.2 Å². The van der Waals surface area contributed by atoms with Crippen molar-refractivity contribution >= 4 is 0 Å². The van der Waals surface area contributed by atoms with Gasteiger partial charge in [-0.3, -0.25) is 0 Å². The molecule has 5 nitrogen and oxygen atoms in total. The van der Waals surface area contributed by atoms with E-state index in [1.165, 1.54) is 13.2 Å². The first-order valence-corrected chi connectivity index (χ1v) is 8.41. The molecule has 0 radical (unpaired) electrons. The number of nitrogens with zero attached hydrogens (tertiary/aromatic N) is 1. The molecule has 1 atom stereocenters. The molecule has 1 N–H and O–H groups in total. The van der Waals surface area contributed by atoms with Crippen molar-refractivity contribution in [2.75, 3.05) is 13.9 Å². The monoisotopic (exact) mass is 352 g/mol. The van der Waals surface area contributed by atoms with Crippen LogP contribution < -0.4 is 19.5 Å². The Balaban J connectivity index is 1.63. The Kier molecular flexibility index (Phi) is 3.39. The molecular formula is C20H17FN2O3. The summed E-state index contributed by atoms with van der Waals surface area (Å²) in [6.45, 7) is 0.903. The second-order valence-electron chi connectivity index (χ2n) is 6.35. The zero-order valence-corrected chi connectivity index (χ0v) is 14.2. The highest BCUT2D eigenvalue weighted by Crippen LogP contribution is 2.39. The van der Waals surface area contributed by atoms with Crippen LogP contribution in [0.1, 0.15) is 22.9 Å². The topological polar surface area (TPSA) is 44.7 Å². The molecular weight excluding hydrogens is 335 g/mol. The first-order chi connectivity index (χ1) is 12.7. The van der Waals surface area contributed by atoms with E-state index in [0.29, 0.717) is 6.54 Å². The van der Waals surface area contributed by atoms with Crippen LogP contribution in [0.2, 0.25) is 0 Å². The van der Waals surface area contributed by atoms with Gasteiger partial charge in [0.2, 0.25) is 6.79 Å². The first kappa shape index (κ1) is 15.3. The summed E-state index contributed by atoms with van der Waals surface area (Å²) in [4.78, 5) is 0. The number of benzene rings is 2. The maximum atomic E-state index is 13.8. The van der Waals surface area contributed by atoms with Gasteiger partial charge in [-0.2, -0.15) is 0 Å². The molecule has 0 spiro atoms. The Bertz CT molecular complexity index is 999. The number of hydrogen-bond acceptors (Lipinski definition) is 4. The highest BCUT2D eigenvalue weighted by molar-refractivity contribution is 5.57. The minimum atomic E-state index is -0.366. The summed E-state index contributed by atoms with van der Waals surface area (Å²) in [5, 5.41) is 3.56. The lowest BCUT2D eigenvalue weighted by Gasteiger charge is -2.19. The van der Waals surface area contributed by atoms with Crippen LogP contribution in [0.15, 0.2) is 48.7 Å². The fraction of sp³-hybridized carbons (Fsp3) is 0.200. The second-order valence-corrected chi connectivity index (χ2v) is 6.35. The number of nitrogens with one attached hydrogen (secondary N) is 1. The van der Waals surface area contributed by atoms with E-state index in [1.54, 1.807) is 12.1 Å². The van der Waals surface area contributed by atoms with E-state index in [9.17, 15) is 4.39 Å². The summed E-state index contributed by atoms with van der Waals surface area (Å²) in [5.41, 5.74) is 4.17. The van der Waals surface area contributed by atoms with E-state index >= 15 is 0 Å². The van der Waals surface area contributed by atoms with Crippen molar-refractivity contribution < 1.29 is 18.6 Å². The van der Waals surface area contributed by atoms with E-state index in [1.807, 2.05) is 24.4 Å². The number of methoxy groups -OCH3 is 1. The van der Waals surface area contributed by atoms with Gasteiger partial charge in [-0.05, 0) is 41.5 Å². The fourth-order valence-electron chi connectivity index (χ4n) is 3.65. The Hall–Kier alpha value is -2.99. The molecule has 0 saturated heterocycles. The van der Waals surface area contributed by atoms with Crippen molar-refractivity contribution in [2.24, 2.45) is 0 Å². The van der Waals surface area contributed by atoms with Crippen molar-refractivity contribution in [2.45, 2.75) is 12.6 Å². The molecule has 0 amide bonds. The van der Waals surface area contributed by atoms with E-state index in [0.717, 1.165) is 34.0 Å². The van der Waals surface area contributed by atoms with Crippen molar-refractivity contribution in [1.82, 2.24) is 9.88 Å². The molecule has 6 heteroatoms. The van der Waals surface area contributed by atoms with Gasteiger partial charge in [-0.15, -0.1) is 0 Å². The van der Waals surface area contributed by atoms with Crippen molar-refractivity contribution in [3.05, 3.63) is 71.3 Å². The van der Waals surface area contributed by atoms with E-state index in [2.05, 4.69) is 16.0 Å². The van der Waals surface area contributed by atoms with Gasteiger partial charge in [-0.1, -0.05) is 6.07 Å². The Morgan fingerprint density at radius 3 is 2.85 bits per heavy atom. The van der Waals surface area contributed by atoms with Crippen molar-refractivity contribution in [1.29, 1.82) is 0 Å². The highest BCUT2D eigenvalue weighted by Gasteiger charge is 2.26. The number of ether oxygens (including phenoxy) is 3. The van der Waals surface area contributed by atoms with Crippen LogP contribution in [0.3, 0.4) is 0 Å². The number of aromatic nitrogens is 1. The minimum absolute atomic E-state index is 0.0939. The predicted octanol–water partition coefficient (Wildman–Crippen LogP) is 3.55. The molecule has 2 aromatic carbocycles. The third kappa shape index (κ3) is 2.26. The Morgan fingerprint density at radius 1 is 1.15 bits per heavy atom. The van der Waals surface area contributed by atoms with Gasteiger partial charge < -0.3 is 24.1 Å². The first-order valence-electron chi connectivity index (χ1n) is 8.41. The largest absolute Gasteiger partial charge is 0.494 e. The summed E-state index contributed by atoms with van der Waals surface area (Å²) < 4.78 is 32.2. The molecule has 2 aliphatic rings. The molecule has 3 heterocycles. The van der Waals surface area contributed by atoms with Gasteiger partial charge in [0.1, 0.15) is 0 Å². The molecule has 0 aliphatic carbocycles. The van der Waals surface area contributed by atoms with Crippen LogP contribution in [-0.4, -0.2) is 18.5 Å². The molecule has 0 unspecified atom stereocenters. The standard InChI is InChI=1S/C20H17FN2O3/c1-24-17-7-12(4-5-14(17)21)20-15-3-2-6-23(15)16-9-19-18(25-11-26-19)8-13(16)10-22-20/h2-9,20,22H,10-11H2,1H3/t20-/m1/s1. The SMILES string of the molecule is COc1cc([C@H]2NCc3cc4c(cc3-n3cccc32)OCO4)ccc1F. The molecule has 1 aromatic heterocycles. The quantitative estimate of drug-likeness (QED) is 0.766. The van der Waals surface area contributed by atoms with E-state index < -0.39 is 0 Å². The van der Waals surface area contributed by atoms with Gasteiger partial charge in [0, 0.05) is 24.5 Å². The van der Waals surface area contributed by atoms with Crippen molar-refractivity contribution in [3.8, 4) is 22.9 Å². The summed E-state index contributed by atoms with van der Waals surface area (Å²) in [6.07, 6.45) is 2.02. The predicted molar refractivity (Wildman–Crippen MR) is 93.5 cm³/mol. The van der Waals surface area contributed by atoms with E-state index in [-0.39, 0.29) is 24.4 Å². The highest BCUT2D eigenvalue weighted by atomic mass is 19.1. The summed E-state index contributed by atoms with van der Waals surface area (Å²) in [7, 11) is 1.47. The number of halogens is 1. The maximum Gasteiger partial charge on any atom is 0.231 e. The lowest BCUT2D eigenvalue weighted by molar-refractivity contribution is 0.174. The third-order valence-electron chi connectivity index (χ3n) is 4.91. The van der Waals surface area contributed by atoms with Gasteiger partial charge in [0.05, 0.1) is 18.8 Å². The normalized spacial score (nSPS) is 17.4. The molecule has 0 bridgehead atoms. The van der Waals surface area contributed by atoms with Crippen LogP contribution in [0.5, 0.6) is 17.2 Å². The third-order valence-corrected chi connectivity index (χ3v) is 4.91. The zero-order chi connectivity index (χ0) is 17.7. The smallest absolute Gasteiger partial charge is 0.231 e. The van der Waals surface area contributed by atoms with Gasteiger partial charge in [0.15, 0.2) is 23.1 Å². The maximum absolute atomic E-state index is 13.8. The van der Waals surface area contributed by atoms with Crippen LogP contribution in [0.25, 0.3) is 5.69 Å². The Morgan fingerprint density at radius 2 is 2.00 bits per heavy atom. The summed E-state index contributed by atoms with van der Waals surface area (Å²) >= 11 is 0. The number of fused-ring (bicyclic) bond motifs is 4. The fourth-order valence-corrected chi connectivity index (χ4v) is 3.65. The molecule has 132 valence electrons. The van der Waals surface area contributed by atoms with Crippen LogP contribution in [0.4, 0.5) is 4.39 Å². The van der Waals surface area contributed by atoms with Gasteiger partial charge >= 0.3 is 0 Å². The molecule has 26 heavy (non-hydrogen) atoms. The summed E-state index contributed by atoms with van der Waals surface area (Å²) in [5.74, 6) is 1.39. The molecule has 0 saturated carbocycles. The average molecular weight is 352 g/mol. The number of hydrogen-bond donors (Lipinski definition) is 1. The zero-order valence-electron chi connectivity index (χ0n) is 14.2. The molecule has 5 rings (SSSR count). The second kappa shape index (κ2) is 5.78. The lowest BCUT2D eigenvalue weighted by atomic mass is 10.0. The van der Waals surface area contributed by atoms with Crippen molar-refractivity contribution in [3.63, 3.8) is 0 Å². The van der Waals surface area contributed by atoms with Crippen LogP contribution in [-0.2, 0) is 6.54 Å². The minimum Gasteiger partial charge on any atom is -0.494 e.